The van der Waals surface area contributed by atoms with E-state index < -0.39 is 0 Å². The standard InChI is InChI=1S/C12H14FN3OS/c1-6-4-11(9(7(2)14)5-10(6)13)18-12-16-15-8(3)17-12/h4-5,7H,14H2,1-3H3/t7-/m0/s1. The number of rotatable bonds is 3. The van der Waals surface area contributed by atoms with Gasteiger partial charge in [0.05, 0.1) is 0 Å². The summed E-state index contributed by atoms with van der Waals surface area (Å²) in [4.78, 5) is 0.840. The Morgan fingerprint density at radius 3 is 2.61 bits per heavy atom. The van der Waals surface area contributed by atoms with Crippen LogP contribution in [0.3, 0.4) is 0 Å². The van der Waals surface area contributed by atoms with Crippen molar-refractivity contribution in [3.8, 4) is 0 Å². The van der Waals surface area contributed by atoms with Gasteiger partial charge >= 0.3 is 0 Å². The molecule has 96 valence electrons. The number of halogens is 1. The number of hydrogen-bond donors (Lipinski definition) is 1. The van der Waals surface area contributed by atoms with Gasteiger partial charge in [-0.25, -0.2) is 4.39 Å². The Morgan fingerprint density at radius 2 is 2.06 bits per heavy atom. The predicted molar refractivity (Wildman–Crippen MR) is 66.9 cm³/mol. The van der Waals surface area contributed by atoms with E-state index in [1.165, 1.54) is 17.8 Å². The minimum Gasteiger partial charge on any atom is -0.416 e. The minimum atomic E-state index is -0.258. The fraction of sp³-hybridized carbons (Fsp3) is 0.333. The van der Waals surface area contributed by atoms with E-state index in [0.717, 1.165) is 10.5 Å². The third kappa shape index (κ3) is 2.70. The van der Waals surface area contributed by atoms with E-state index in [1.807, 2.05) is 6.92 Å². The zero-order valence-electron chi connectivity index (χ0n) is 10.4. The molecule has 2 rings (SSSR count). The molecule has 6 heteroatoms. The molecular weight excluding hydrogens is 253 g/mol. The van der Waals surface area contributed by atoms with Crippen molar-refractivity contribution in [1.82, 2.24) is 10.2 Å². The van der Waals surface area contributed by atoms with Gasteiger partial charge < -0.3 is 10.2 Å². The Kier molecular flexibility index (Phi) is 3.68. The number of aromatic nitrogens is 2. The molecule has 0 aliphatic carbocycles. The van der Waals surface area contributed by atoms with Gasteiger partial charge in [0.2, 0.25) is 5.89 Å². The molecule has 0 saturated carbocycles. The first kappa shape index (κ1) is 13.0. The van der Waals surface area contributed by atoms with Crippen LogP contribution in [-0.4, -0.2) is 10.2 Å². The van der Waals surface area contributed by atoms with Crippen LogP contribution in [-0.2, 0) is 0 Å². The van der Waals surface area contributed by atoms with Crippen molar-refractivity contribution in [3.05, 3.63) is 35.0 Å². The predicted octanol–water partition coefficient (Wildman–Crippen LogP) is 3.00. The first-order valence-electron chi connectivity index (χ1n) is 5.51. The summed E-state index contributed by atoms with van der Waals surface area (Å²) in [5, 5.41) is 8.09. The van der Waals surface area contributed by atoms with Gasteiger partial charge in [-0.1, -0.05) is 0 Å². The molecule has 0 radical (unpaired) electrons. The summed E-state index contributed by atoms with van der Waals surface area (Å²) < 4.78 is 18.8. The first-order valence-corrected chi connectivity index (χ1v) is 6.32. The second-order valence-corrected chi connectivity index (χ2v) is 5.11. The van der Waals surface area contributed by atoms with Crippen molar-refractivity contribution in [2.24, 2.45) is 5.73 Å². The lowest BCUT2D eigenvalue weighted by Crippen LogP contribution is -2.07. The van der Waals surface area contributed by atoms with Gasteiger partial charge in [-0.15, -0.1) is 10.2 Å². The maximum Gasteiger partial charge on any atom is 0.281 e. The summed E-state index contributed by atoms with van der Waals surface area (Å²) in [5.41, 5.74) is 7.15. The first-order chi connectivity index (χ1) is 8.47. The highest BCUT2D eigenvalue weighted by atomic mass is 32.2. The van der Waals surface area contributed by atoms with E-state index >= 15 is 0 Å². The fourth-order valence-electron chi connectivity index (χ4n) is 1.53. The van der Waals surface area contributed by atoms with Gasteiger partial charge in [-0.05, 0) is 48.9 Å². The molecule has 0 unspecified atom stereocenters. The highest BCUT2D eigenvalue weighted by Gasteiger charge is 2.14. The summed E-state index contributed by atoms with van der Waals surface area (Å²) in [7, 11) is 0. The molecule has 0 amide bonds. The SMILES string of the molecule is Cc1nnc(Sc2cc(C)c(F)cc2[C@H](C)N)o1. The van der Waals surface area contributed by atoms with Crippen LogP contribution < -0.4 is 5.73 Å². The van der Waals surface area contributed by atoms with Crippen LogP contribution in [0.4, 0.5) is 4.39 Å². The van der Waals surface area contributed by atoms with Crippen LogP contribution in [0.15, 0.2) is 26.7 Å². The van der Waals surface area contributed by atoms with Crippen LogP contribution in [0, 0.1) is 19.7 Å². The molecule has 1 aromatic heterocycles. The lowest BCUT2D eigenvalue weighted by atomic mass is 10.1. The number of nitrogens with zero attached hydrogens (tertiary/aromatic N) is 2. The molecule has 1 atom stereocenters. The second kappa shape index (κ2) is 5.07. The number of hydrogen-bond acceptors (Lipinski definition) is 5. The largest absolute Gasteiger partial charge is 0.416 e. The average molecular weight is 267 g/mol. The molecule has 0 saturated heterocycles. The molecule has 1 aromatic carbocycles. The average Bonchev–Trinajstić information content (AvgIpc) is 2.68. The van der Waals surface area contributed by atoms with Crippen molar-refractivity contribution < 1.29 is 8.81 Å². The molecule has 4 nitrogen and oxygen atoms in total. The molecular formula is C12H14FN3OS. The molecule has 2 N–H and O–H groups in total. The molecule has 2 aromatic rings. The van der Waals surface area contributed by atoms with Gasteiger partial charge in [-0.2, -0.15) is 0 Å². The molecule has 1 heterocycles. The highest BCUT2D eigenvalue weighted by molar-refractivity contribution is 7.99. The smallest absolute Gasteiger partial charge is 0.281 e. The Balaban J connectivity index is 2.39. The van der Waals surface area contributed by atoms with E-state index in [1.54, 1.807) is 19.9 Å². The quantitative estimate of drug-likeness (QED) is 0.926. The van der Waals surface area contributed by atoms with E-state index in [2.05, 4.69) is 10.2 Å². The second-order valence-electron chi connectivity index (χ2n) is 4.12. The van der Waals surface area contributed by atoms with Crippen LogP contribution in [0.2, 0.25) is 0 Å². The molecule has 0 aliphatic heterocycles. The van der Waals surface area contributed by atoms with Crippen molar-refractivity contribution in [2.75, 3.05) is 0 Å². The topological polar surface area (TPSA) is 64.9 Å². The van der Waals surface area contributed by atoms with Gasteiger partial charge in [-0.3, -0.25) is 0 Å². The highest BCUT2D eigenvalue weighted by Crippen LogP contribution is 2.33. The monoisotopic (exact) mass is 267 g/mol. The summed E-state index contributed by atoms with van der Waals surface area (Å²) >= 11 is 1.30. The van der Waals surface area contributed by atoms with Crippen molar-refractivity contribution in [3.63, 3.8) is 0 Å². The van der Waals surface area contributed by atoms with Crippen LogP contribution >= 0.6 is 11.8 Å². The van der Waals surface area contributed by atoms with Crippen molar-refractivity contribution in [2.45, 2.75) is 36.9 Å². The maximum absolute atomic E-state index is 13.5. The lowest BCUT2D eigenvalue weighted by molar-refractivity contribution is 0.429. The lowest BCUT2D eigenvalue weighted by Gasteiger charge is -2.12. The van der Waals surface area contributed by atoms with E-state index in [0.29, 0.717) is 16.7 Å². The van der Waals surface area contributed by atoms with Crippen LogP contribution in [0.5, 0.6) is 0 Å². The normalized spacial score (nSPS) is 12.7. The molecule has 0 spiro atoms. The van der Waals surface area contributed by atoms with Gasteiger partial charge in [0, 0.05) is 17.9 Å². The van der Waals surface area contributed by atoms with E-state index in [-0.39, 0.29) is 11.9 Å². The number of benzene rings is 1. The summed E-state index contributed by atoms with van der Waals surface area (Å²) in [6.45, 7) is 5.25. The Hall–Kier alpha value is -1.40. The van der Waals surface area contributed by atoms with Gasteiger partial charge in [0.25, 0.3) is 5.22 Å². The summed E-state index contributed by atoms with van der Waals surface area (Å²) in [6.07, 6.45) is 0. The van der Waals surface area contributed by atoms with Crippen molar-refractivity contribution >= 4 is 11.8 Å². The van der Waals surface area contributed by atoms with Crippen molar-refractivity contribution in [1.29, 1.82) is 0 Å². The third-order valence-electron chi connectivity index (χ3n) is 2.49. The number of aryl methyl sites for hydroxylation is 2. The van der Waals surface area contributed by atoms with Crippen LogP contribution in [0.25, 0.3) is 0 Å². The molecule has 18 heavy (non-hydrogen) atoms. The minimum absolute atomic E-state index is 0.256. The Labute approximate surface area is 109 Å². The Morgan fingerprint density at radius 1 is 1.33 bits per heavy atom. The molecule has 0 fully saturated rings. The summed E-state index contributed by atoms with van der Waals surface area (Å²) in [5.74, 6) is 0.243. The summed E-state index contributed by atoms with van der Waals surface area (Å²) in [6, 6.07) is 2.95. The number of nitrogens with two attached hydrogens (primary N) is 1. The Bertz CT molecular complexity index is 568. The zero-order valence-corrected chi connectivity index (χ0v) is 11.2. The molecule has 0 aliphatic rings. The molecule has 0 bridgehead atoms. The fourth-order valence-corrected chi connectivity index (χ4v) is 2.56. The van der Waals surface area contributed by atoms with Gasteiger partial charge in [0.1, 0.15) is 5.82 Å². The van der Waals surface area contributed by atoms with Crippen LogP contribution in [0.1, 0.15) is 30.0 Å². The van der Waals surface area contributed by atoms with Gasteiger partial charge in [0.15, 0.2) is 0 Å². The zero-order chi connectivity index (χ0) is 13.3. The third-order valence-corrected chi connectivity index (χ3v) is 3.40. The van der Waals surface area contributed by atoms with E-state index in [9.17, 15) is 4.39 Å². The van der Waals surface area contributed by atoms with E-state index in [4.69, 9.17) is 10.2 Å². The maximum atomic E-state index is 13.5.